The van der Waals surface area contributed by atoms with E-state index in [0.717, 1.165) is 55.6 Å². The topological polar surface area (TPSA) is 34.2 Å². The van der Waals surface area contributed by atoms with Crippen molar-refractivity contribution in [3.8, 4) is 45.0 Å². The van der Waals surface area contributed by atoms with Gasteiger partial charge in [0.2, 0.25) is 5.89 Å². The molecular formula is C59H56BN3O. The minimum Gasteiger partial charge on any atom is -0.435 e. The van der Waals surface area contributed by atoms with Gasteiger partial charge in [0.1, 0.15) is 5.52 Å². The normalized spacial score (nSPS) is 13.5. The number of aromatic nitrogens is 2. The van der Waals surface area contributed by atoms with Gasteiger partial charge in [-0.3, -0.25) is 0 Å². The number of fused-ring (bicyclic) bond motifs is 6. The lowest BCUT2D eigenvalue weighted by Crippen LogP contribution is -2.57. The third-order valence-electron chi connectivity index (χ3n) is 13.9. The summed E-state index contributed by atoms with van der Waals surface area (Å²) in [6.45, 7) is 25.1. The highest BCUT2D eigenvalue weighted by Gasteiger charge is 2.46. The quantitative estimate of drug-likeness (QED) is 0.166. The van der Waals surface area contributed by atoms with Crippen LogP contribution in [0.1, 0.15) is 90.1 Å². The van der Waals surface area contributed by atoms with Crippen LogP contribution >= 0.6 is 0 Å². The van der Waals surface area contributed by atoms with Crippen molar-refractivity contribution < 1.29 is 4.42 Å². The summed E-state index contributed by atoms with van der Waals surface area (Å²) in [4.78, 5) is 7.99. The molecule has 64 heavy (non-hydrogen) atoms. The average Bonchev–Trinajstić information content (AvgIpc) is 3.84. The molecule has 4 nitrogen and oxygen atoms in total. The third-order valence-corrected chi connectivity index (χ3v) is 13.9. The van der Waals surface area contributed by atoms with Crippen molar-refractivity contribution in [1.29, 1.82) is 0 Å². The standard InChI is InChI=1S/C59H56BN3O/c1-35-19-18-20-36(2)49(35)56-61-46-34-44-43-31-41(59(9,10)11)33-48-52(43)60(45-32-40(58(6,7)8)27-30-47(45)62(48)42-28-25-39(26-29-42)57(3,4)5)63-53(38-23-16-13-17-24-38)50(37-21-14-12-15-22-37)51(54(44)63)55(46)64-56/h12-34H,1-11H3. The van der Waals surface area contributed by atoms with Crippen molar-refractivity contribution in [2.75, 3.05) is 4.90 Å². The average molecular weight is 834 g/mol. The van der Waals surface area contributed by atoms with E-state index in [1.54, 1.807) is 0 Å². The van der Waals surface area contributed by atoms with Gasteiger partial charge in [0.15, 0.2) is 5.58 Å². The van der Waals surface area contributed by atoms with Gasteiger partial charge in [0.05, 0.1) is 5.39 Å². The van der Waals surface area contributed by atoms with Gasteiger partial charge < -0.3 is 13.8 Å². The molecule has 7 aromatic carbocycles. The summed E-state index contributed by atoms with van der Waals surface area (Å²) in [7, 11) is 0. The number of anilines is 3. The van der Waals surface area contributed by atoms with Gasteiger partial charge in [0, 0.05) is 45.0 Å². The molecule has 0 radical (unpaired) electrons. The molecule has 0 atom stereocenters. The Morgan fingerprint density at radius 2 is 1.14 bits per heavy atom. The molecule has 5 heteroatoms. The molecule has 9 aromatic rings. The Morgan fingerprint density at radius 1 is 0.531 bits per heavy atom. The molecule has 0 spiro atoms. The van der Waals surface area contributed by atoms with Gasteiger partial charge in [-0.05, 0) is 116 Å². The van der Waals surface area contributed by atoms with Crippen LogP contribution in [0.25, 0.3) is 67.0 Å². The van der Waals surface area contributed by atoms with E-state index in [1.807, 2.05) is 0 Å². The van der Waals surface area contributed by atoms with Crippen LogP contribution in [0.2, 0.25) is 0 Å². The molecule has 4 heterocycles. The molecule has 2 aliphatic heterocycles. The Bertz CT molecular complexity index is 3310. The number of aryl methyl sites for hydroxylation is 2. The molecule has 316 valence electrons. The van der Waals surface area contributed by atoms with Crippen LogP contribution in [0.3, 0.4) is 0 Å². The zero-order chi connectivity index (χ0) is 44.6. The molecule has 0 saturated carbocycles. The van der Waals surface area contributed by atoms with E-state index in [-0.39, 0.29) is 23.1 Å². The van der Waals surface area contributed by atoms with E-state index in [4.69, 9.17) is 9.40 Å². The lowest BCUT2D eigenvalue weighted by atomic mass is 9.44. The van der Waals surface area contributed by atoms with Crippen LogP contribution in [0.5, 0.6) is 0 Å². The van der Waals surface area contributed by atoms with Crippen molar-refractivity contribution >= 4 is 56.8 Å². The van der Waals surface area contributed by atoms with E-state index >= 15 is 0 Å². The van der Waals surface area contributed by atoms with E-state index in [1.165, 1.54) is 61.3 Å². The Hall–Kier alpha value is -6.59. The number of hydrogen-bond acceptors (Lipinski definition) is 3. The van der Waals surface area contributed by atoms with Gasteiger partial charge in [-0.15, -0.1) is 0 Å². The summed E-state index contributed by atoms with van der Waals surface area (Å²) in [6, 6.07) is 52.3. The summed E-state index contributed by atoms with van der Waals surface area (Å²) in [5, 5.41) is 1.10. The molecule has 0 bridgehead atoms. The van der Waals surface area contributed by atoms with E-state index in [0.29, 0.717) is 5.89 Å². The van der Waals surface area contributed by atoms with E-state index < -0.39 is 0 Å². The number of hydrogen-bond donors (Lipinski definition) is 0. The Kier molecular flexibility index (Phi) is 8.77. The van der Waals surface area contributed by atoms with Gasteiger partial charge >= 0.3 is 6.85 Å². The number of benzene rings is 7. The van der Waals surface area contributed by atoms with Gasteiger partial charge in [-0.1, -0.05) is 172 Å². The Labute approximate surface area is 378 Å². The number of rotatable bonds is 4. The third kappa shape index (κ3) is 6.07. The second-order valence-electron chi connectivity index (χ2n) is 21.4. The highest BCUT2D eigenvalue weighted by atomic mass is 16.3. The first-order valence-electron chi connectivity index (χ1n) is 22.9. The van der Waals surface area contributed by atoms with Crippen LogP contribution < -0.4 is 15.8 Å². The molecule has 11 rings (SSSR count). The summed E-state index contributed by atoms with van der Waals surface area (Å²) in [5.41, 5.74) is 23.2. The SMILES string of the molecule is Cc1cccc(C)c1-c1nc2cc3c4c(c(-c5ccccc5)c(-c5ccccc5)n4B4c5cc(C(C)(C)C)ccc5N(c5ccc(C(C)(C)C)cc5)c5cc(C(C)(C)C)cc-3c54)c2o1. The molecule has 0 N–H and O–H groups in total. The Balaban J connectivity index is 1.36. The maximum Gasteiger partial charge on any atom is 0.333 e. The van der Waals surface area contributed by atoms with Gasteiger partial charge in [-0.25, -0.2) is 4.98 Å². The van der Waals surface area contributed by atoms with E-state index in [9.17, 15) is 0 Å². The lowest BCUT2D eigenvalue weighted by molar-refractivity contribution is 0.590. The van der Waals surface area contributed by atoms with Crippen LogP contribution in [-0.4, -0.2) is 16.3 Å². The largest absolute Gasteiger partial charge is 0.435 e. The highest BCUT2D eigenvalue weighted by Crippen LogP contribution is 2.53. The lowest BCUT2D eigenvalue weighted by Gasteiger charge is -2.42. The summed E-state index contributed by atoms with van der Waals surface area (Å²) in [6.07, 6.45) is 0. The minimum atomic E-state index is -0.150. The summed E-state index contributed by atoms with van der Waals surface area (Å²) >= 11 is 0. The maximum absolute atomic E-state index is 7.20. The fourth-order valence-electron chi connectivity index (χ4n) is 10.5. The molecule has 0 amide bonds. The first kappa shape index (κ1) is 40.2. The van der Waals surface area contributed by atoms with Crippen molar-refractivity contribution in [2.24, 2.45) is 0 Å². The molecule has 0 aliphatic carbocycles. The van der Waals surface area contributed by atoms with E-state index in [2.05, 4.69) is 225 Å². The number of oxazole rings is 1. The zero-order valence-electron chi connectivity index (χ0n) is 39.1. The van der Waals surface area contributed by atoms with Crippen LogP contribution in [0.15, 0.2) is 144 Å². The van der Waals surface area contributed by atoms with Crippen molar-refractivity contribution in [2.45, 2.75) is 92.4 Å². The van der Waals surface area contributed by atoms with Crippen molar-refractivity contribution in [3.05, 3.63) is 167 Å². The monoisotopic (exact) mass is 833 g/mol. The molecule has 2 aliphatic rings. The molecule has 0 fully saturated rings. The molecule has 0 saturated heterocycles. The zero-order valence-corrected chi connectivity index (χ0v) is 39.1. The number of nitrogens with zero attached hydrogens (tertiary/aromatic N) is 3. The fourth-order valence-corrected chi connectivity index (χ4v) is 10.5. The van der Waals surface area contributed by atoms with Gasteiger partial charge in [-0.2, -0.15) is 0 Å². The Morgan fingerprint density at radius 3 is 1.77 bits per heavy atom. The van der Waals surface area contributed by atoms with Crippen LogP contribution in [0.4, 0.5) is 17.1 Å². The second kappa shape index (κ2) is 14.0. The van der Waals surface area contributed by atoms with Crippen molar-refractivity contribution in [1.82, 2.24) is 9.46 Å². The first-order chi connectivity index (χ1) is 30.5. The highest BCUT2D eigenvalue weighted by molar-refractivity contribution is 6.90. The fraction of sp³-hybridized carbons (Fsp3) is 0.237. The maximum atomic E-state index is 7.20. The predicted molar refractivity (Wildman–Crippen MR) is 272 cm³/mol. The first-order valence-corrected chi connectivity index (χ1v) is 22.9. The van der Waals surface area contributed by atoms with Crippen LogP contribution in [-0.2, 0) is 16.2 Å². The summed E-state index contributed by atoms with van der Waals surface area (Å²) < 4.78 is 9.89. The van der Waals surface area contributed by atoms with Gasteiger partial charge in [0.25, 0.3) is 0 Å². The predicted octanol–water partition coefficient (Wildman–Crippen LogP) is 14.7. The van der Waals surface area contributed by atoms with Crippen molar-refractivity contribution in [3.63, 3.8) is 0 Å². The molecule has 2 aromatic heterocycles. The van der Waals surface area contributed by atoms with Crippen LogP contribution in [0, 0.1) is 13.8 Å². The smallest absolute Gasteiger partial charge is 0.333 e. The molecular weight excluding hydrogens is 777 g/mol. The summed E-state index contributed by atoms with van der Waals surface area (Å²) in [5.74, 6) is 0.659. The second-order valence-corrected chi connectivity index (χ2v) is 21.4. The molecule has 0 unspecified atom stereocenters. The minimum absolute atomic E-state index is 0.0361.